The van der Waals surface area contributed by atoms with Crippen LogP contribution < -0.4 is 22.8 Å². The van der Waals surface area contributed by atoms with Crippen molar-refractivity contribution < 1.29 is 39.1 Å². The molecule has 0 aliphatic carbocycles. The largest absolute Gasteiger partial charge is 2.00 e. The number of para-hydroxylation sites is 2. The van der Waals surface area contributed by atoms with Crippen molar-refractivity contribution in [2.24, 2.45) is 5.10 Å². The van der Waals surface area contributed by atoms with E-state index >= 15 is 0 Å². The van der Waals surface area contributed by atoms with Crippen molar-refractivity contribution in [1.29, 1.82) is 0 Å². The summed E-state index contributed by atoms with van der Waals surface area (Å²) in [5, 5.41) is 21.6. The molecule has 0 saturated carbocycles. The first-order valence-corrected chi connectivity index (χ1v) is 9.12. The molecular formula is C23H20ClCoN3O2. The molecule has 7 heteroatoms. The van der Waals surface area contributed by atoms with E-state index in [-0.39, 0.29) is 40.8 Å². The minimum Gasteiger partial charge on any atom is -1.00 e. The maximum atomic E-state index is 13.2. The standard InChI is InChI=1S/C23H21N3O2.ClH.Co/c1-15-11-13-17(14-12-15)22-24-20-9-5-3-8-19(20)23(28)26(22)25-16(2)18-7-4-6-10-21(18)27;;/h3-14,22,24,27H,1-2H3;1H;/q;;+2/p-2/b25-16+;;. The Kier molecular flexibility index (Phi) is 7.67. The van der Waals surface area contributed by atoms with E-state index in [0.717, 1.165) is 16.8 Å². The Balaban J connectivity index is 0.00000160. The third-order valence-electron chi connectivity index (χ3n) is 4.83. The van der Waals surface area contributed by atoms with E-state index in [2.05, 4.69) is 10.4 Å². The van der Waals surface area contributed by atoms with Crippen molar-refractivity contribution in [2.45, 2.75) is 20.0 Å². The zero-order valence-electron chi connectivity index (χ0n) is 16.4. The van der Waals surface area contributed by atoms with Gasteiger partial charge in [-0.2, -0.15) is 5.10 Å². The van der Waals surface area contributed by atoms with E-state index in [9.17, 15) is 9.90 Å². The number of amides is 1. The van der Waals surface area contributed by atoms with Crippen LogP contribution in [0.3, 0.4) is 0 Å². The predicted octanol–water partition coefficient (Wildman–Crippen LogP) is 1.06. The molecule has 1 aliphatic heterocycles. The molecular weight excluding hydrogens is 445 g/mol. The maximum absolute atomic E-state index is 13.2. The van der Waals surface area contributed by atoms with Gasteiger partial charge in [-0.1, -0.05) is 72.0 Å². The van der Waals surface area contributed by atoms with Crippen molar-refractivity contribution in [3.63, 3.8) is 0 Å². The molecule has 1 atom stereocenters. The Hall–Kier alpha value is -2.80. The molecule has 1 radical (unpaired) electrons. The molecule has 3 aromatic carbocycles. The smallest absolute Gasteiger partial charge is 1.00 e. The van der Waals surface area contributed by atoms with Crippen LogP contribution in [0.2, 0.25) is 0 Å². The number of aryl methyl sites for hydroxylation is 1. The van der Waals surface area contributed by atoms with Crippen molar-refractivity contribution in [3.05, 3.63) is 95.1 Å². The number of hydrogen-bond acceptors (Lipinski definition) is 4. The predicted molar refractivity (Wildman–Crippen MR) is 108 cm³/mol. The molecule has 30 heavy (non-hydrogen) atoms. The summed E-state index contributed by atoms with van der Waals surface area (Å²) < 4.78 is 0. The molecule has 0 bridgehead atoms. The van der Waals surface area contributed by atoms with E-state index in [0.29, 0.717) is 16.8 Å². The fourth-order valence-electron chi connectivity index (χ4n) is 3.30. The van der Waals surface area contributed by atoms with Gasteiger partial charge in [0.25, 0.3) is 5.91 Å². The second-order valence-electron chi connectivity index (χ2n) is 6.83. The van der Waals surface area contributed by atoms with Crippen molar-refractivity contribution >= 4 is 17.3 Å². The summed E-state index contributed by atoms with van der Waals surface area (Å²) in [7, 11) is 0. The Morgan fingerprint density at radius 3 is 2.33 bits per heavy atom. The molecule has 3 aromatic rings. The second-order valence-corrected chi connectivity index (χ2v) is 6.83. The average molecular weight is 465 g/mol. The van der Waals surface area contributed by atoms with Gasteiger partial charge in [-0.15, -0.1) is 0 Å². The van der Waals surface area contributed by atoms with Crippen LogP contribution >= 0.6 is 0 Å². The molecule has 5 nitrogen and oxygen atoms in total. The zero-order chi connectivity index (χ0) is 19.7. The van der Waals surface area contributed by atoms with Gasteiger partial charge in [-0.3, -0.25) is 4.79 Å². The molecule has 0 aromatic heterocycles. The Morgan fingerprint density at radius 2 is 1.63 bits per heavy atom. The van der Waals surface area contributed by atoms with Gasteiger partial charge in [-0.05, 0) is 37.1 Å². The Labute approximate surface area is 192 Å². The minimum absolute atomic E-state index is 0. The molecule has 155 valence electrons. The molecule has 0 spiro atoms. The fourth-order valence-corrected chi connectivity index (χ4v) is 3.30. The first-order chi connectivity index (χ1) is 13.5. The number of carbonyl (C=O) groups is 1. The van der Waals surface area contributed by atoms with Gasteiger partial charge in [0.05, 0.1) is 11.3 Å². The number of halogens is 1. The summed E-state index contributed by atoms with van der Waals surface area (Å²) in [5.41, 5.74) is 4.36. The van der Waals surface area contributed by atoms with Crippen LogP contribution in [0.4, 0.5) is 5.69 Å². The van der Waals surface area contributed by atoms with Gasteiger partial charge in [0, 0.05) is 5.69 Å². The van der Waals surface area contributed by atoms with E-state index < -0.39 is 6.17 Å². The third-order valence-corrected chi connectivity index (χ3v) is 4.83. The number of carbonyl (C=O) groups excluding carboxylic acids is 1. The molecule has 1 aliphatic rings. The summed E-state index contributed by atoms with van der Waals surface area (Å²) in [6, 6.07) is 22.0. The number of nitrogens with one attached hydrogen (secondary N) is 1. The van der Waals surface area contributed by atoms with Crippen molar-refractivity contribution in [3.8, 4) is 5.75 Å². The van der Waals surface area contributed by atoms with E-state index in [1.165, 1.54) is 11.1 Å². The van der Waals surface area contributed by atoms with Crippen LogP contribution in [0.5, 0.6) is 5.75 Å². The number of fused-ring (bicyclic) bond motifs is 1. The van der Waals surface area contributed by atoms with Crippen LogP contribution in [0.15, 0.2) is 77.9 Å². The molecule has 1 amide bonds. The first-order valence-electron chi connectivity index (χ1n) is 9.12. The summed E-state index contributed by atoms with van der Waals surface area (Å²) in [5.74, 6) is -0.323. The number of hydrazone groups is 1. The number of hydrogen-bond donors (Lipinski definition) is 1. The Morgan fingerprint density at radius 1 is 1.00 bits per heavy atom. The summed E-state index contributed by atoms with van der Waals surface area (Å²) in [6.07, 6.45) is -0.461. The molecule has 1 heterocycles. The van der Waals surface area contributed by atoms with Crippen molar-refractivity contribution in [2.75, 3.05) is 5.32 Å². The molecule has 4 rings (SSSR count). The summed E-state index contributed by atoms with van der Waals surface area (Å²) >= 11 is 0. The zero-order valence-corrected chi connectivity index (χ0v) is 18.2. The molecule has 0 fully saturated rings. The van der Waals surface area contributed by atoms with Gasteiger partial charge >= 0.3 is 16.8 Å². The van der Waals surface area contributed by atoms with Gasteiger partial charge in [0.2, 0.25) is 0 Å². The van der Waals surface area contributed by atoms with Crippen LogP contribution in [0.1, 0.15) is 40.1 Å². The van der Waals surface area contributed by atoms with Crippen molar-refractivity contribution in [1.82, 2.24) is 5.01 Å². The van der Waals surface area contributed by atoms with Crippen LogP contribution in [-0.2, 0) is 16.8 Å². The number of benzene rings is 3. The SMILES string of the molecule is C/C(=N\N1C(=O)c2ccccc2NC1c1ccc(C)cc1)c1ccccc1[O-].[Cl-].[Co+2]. The number of rotatable bonds is 3. The first kappa shape index (κ1) is 23.5. The number of anilines is 1. The van der Waals surface area contributed by atoms with Crippen LogP contribution in [0.25, 0.3) is 0 Å². The van der Waals surface area contributed by atoms with Gasteiger partial charge in [0.1, 0.15) is 0 Å². The normalized spacial score (nSPS) is 15.4. The molecule has 1 unspecified atom stereocenters. The van der Waals surface area contributed by atoms with E-state index in [1.807, 2.05) is 49.4 Å². The minimum atomic E-state index is -0.461. The van der Waals surface area contributed by atoms with Crippen LogP contribution in [-0.4, -0.2) is 16.6 Å². The van der Waals surface area contributed by atoms with Gasteiger partial charge in [0.15, 0.2) is 6.17 Å². The second kappa shape index (κ2) is 9.80. The monoisotopic (exact) mass is 464 g/mol. The van der Waals surface area contributed by atoms with E-state index in [4.69, 9.17) is 0 Å². The topological polar surface area (TPSA) is 67.8 Å². The van der Waals surface area contributed by atoms with Crippen LogP contribution in [0, 0.1) is 6.92 Å². The molecule has 1 N–H and O–H groups in total. The third kappa shape index (κ3) is 4.51. The van der Waals surface area contributed by atoms with Gasteiger partial charge in [-0.25, -0.2) is 5.01 Å². The maximum Gasteiger partial charge on any atom is 2.00 e. The summed E-state index contributed by atoms with van der Waals surface area (Å²) in [4.78, 5) is 13.2. The fraction of sp³-hybridized carbons (Fsp3) is 0.130. The van der Waals surface area contributed by atoms with E-state index in [1.54, 1.807) is 31.2 Å². The molecule has 0 saturated heterocycles. The average Bonchev–Trinajstić information content (AvgIpc) is 2.71. The quantitative estimate of drug-likeness (QED) is 0.590. The van der Waals surface area contributed by atoms with Gasteiger partial charge < -0.3 is 22.8 Å². The number of nitrogens with zero attached hydrogens (tertiary/aromatic N) is 2. The summed E-state index contributed by atoms with van der Waals surface area (Å²) in [6.45, 7) is 3.76. The Bertz CT molecular complexity index is 1070.